The maximum absolute atomic E-state index is 12.4. The van der Waals surface area contributed by atoms with Crippen LogP contribution >= 0.6 is 0 Å². The van der Waals surface area contributed by atoms with Crippen LogP contribution in [-0.2, 0) is 9.59 Å². The number of nitrogens with one attached hydrogen (secondary N) is 1. The van der Waals surface area contributed by atoms with Gasteiger partial charge in [0.1, 0.15) is 17.2 Å². The summed E-state index contributed by atoms with van der Waals surface area (Å²) in [7, 11) is 3.14. The van der Waals surface area contributed by atoms with Crippen LogP contribution in [0.4, 0.5) is 11.4 Å². The van der Waals surface area contributed by atoms with E-state index in [1.807, 2.05) is 6.92 Å². The summed E-state index contributed by atoms with van der Waals surface area (Å²) in [5.74, 6) is 1.54. The molecule has 0 radical (unpaired) electrons. The summed E-state index contributed by atoms with van der Waals surface area (Å²) in [4.78, 5) is 26.2. The lowest BCUT2D eigenvalue weighted by molar-refractivity contribution is -0.121. The average molecular weight is 396 g/mol. The molecule has 0 saturated heterocycles. The zero-order valence-corrected chi connectivity index (χ0v) is 16.7. The summed E-state index contributed by atoms with van der Waals surface area (Å²) in [6, 6.07) is 10.6. The van der Waals surface area contributed by atoms with Crippen LogP contribution in [0.2, 0.25) is 0 Å². The number of amides is 2. The smallest absolute Gasteiger partial charge is 0.265 e. The highest BCUT2D eigenvalue weighted by atomic mass is 16.5. The third kappa shape index (κ3) is 4.68. The standard InChI is InChI=1S/C22H24N2O5/c1-4-11-24-18-13-16(6-8-20(18)29-14-22(24)26)23-21(25)10-5-15-12-17(27-2)7-9-19(15)28-3/h5-10,12-13H,4,11,14H2,1-3H3,(H,23,25)/b10-5+. The molecule has 2 aromatic rings. The van der Waals surface area contributed by atoms with Crippen LogP contribution in [0.3, 0.4) is 0 Å². The minimum absolute atomic E-state index is 0.0316. The molecule has 0 unspecified atom stereocenters. The Morgan fingerprint density at radius 2 is 2.03 bits per heavy atom. The van der Waals surface area contributed by atoms with Crippen molar-refractivity contribution in [2.24, 2.45) is 0 Å². The molecular formula is C22H24N2O5. The molecule has 0 saturated carbocycles. The first-order valence-corrected chi connectivity index (χ1v) is 9.34. The number of hydrogen-bond donors (Lipinski definition) is 1. The van der Waals surface area contributed by atoms with E-state index in [0.717, 1.165) is 12.0 Å². The van der Waals surface area contributed by atoms with Crippen molar-refractivity contribution in [1.29, 1.82) is 0 Å². The fourth-order valence-electron chi connectivity index (χ4n) is 3.07. The molecule has 2 aromatic carbocycles. The van der Waals surface area contributed by atoms with Gasteiger partial charge in [0.2, 0.25) is 5.91 Å². The van der Waals surface area contributed by atoms with Gasteiger partial charge in [-0.2, -0.15) is 0 Å². The first-order chi connectivity index (χ1) is 14.0. The molecule has 0 spiro atoms. The van der Waals surface area contributed by atoms with Crippen LogP contribution in [0.1, 0.15) is 18.9 Å². The van der Waals surface area contributed by atoms with Crippen molar-refractivity contribution in [3.63, 3.8) is 0 Å². The third-order valence-electron chi connectivity index (χ3n) is 4.47. The molecule has 2 amide bonds. The lowest BCUT2D eigenvalue weighted by Gasteiger charge is -2.29. The predicted molar refractivity (Wildman–Crippen MR) is 112 cm³/mol. The number of carbonyl (C=O) groups excluding carboxylic acids is 2. The number of carbonyl (C=O) groups is 2. The second-order valence-corrected chi connectivity index (χ2v) is 6.45. The first kappa shape index (κ1) is 20.3. The number of fused-ring (bicyclic) bond motifs is 1. The Morgan fingerprint density at radius 3 is 2.76 bits per heavy atom. The summed E-state index contributed by atoms with van der Waals surface area (Å²) in [6.07, 6.45) is 3.90. The number of rotatable bonds is 7. The predicted octanol–water partition coefficient (Wildman–Crippen LogP) is 3.49. The van der Waals surface area contributed by atoms with Crippen molar-refractivity contribution in [1.82, 2.24) is 0 Å². The Kier molecular flexibility index (Phi) is 6.39. The quantitative estimate of drug-likeness (QED) is 0.725. The van der Waals surface area contributed by atoms with Gasteiger partial charge in [-0.15, -0.1) is 0 Å². The molecule has 0 atom stereocenters. The van der Waals surface area contributed by atoms with Gasteiger partial charge < -0.3 is 24.4 Å². The van der Waals surface area contributed by atoms with E-state index in [2.05, 4.69) is 5.32 Å². The number of hydrogen-bond acceptors (Lipinski definition) is 5. The zero-order valence-electron chi connectivity index (χ0n) is 16.7. The Labute approximate surface area is 169 Å². The summed E-state index contributed by atoms with van der Waals surface area (Å²) in [5, 5.41) is 2.81. The maximum atomic E-state index is 12.4. The van der Waals surface area contributed by atoms with Crippen molar-refractivity contribution in [3.8, 4) is 17.2 Å². The number of methoxy groups -OCH3 is 2. The molecule has 152 valence electrons. The van der Waals surface area contributed by atoms with Gasteiger partial charge in [0.25, 0.3) is 5.91 Å². The molecule has 1 N–H and O–H groups in total. The van der Waals surface area contributed by atoms with E-state index in [1.165, 1.54) is 6.08 Å². The Hall–Kier alpha value is -3.48. The van der Waals surface area contributed by atoms with Crippen LogP contribution < -0.4 is 24.4 Å². The Balaban J connectivity index is 1.76. The molecule has 29 heavy (non-hydrogen) atoms. The second-order valence-electron chi connectivity index (χ2n) is 6.45. The molecule has 0 fully saturated rings. The number of anilines is 2. The van der Waals surface area contributed by atoms with E-state index in [1.54, 1.807) is 61.6 Å². The van der Waals surface area contributed by atoms with Crippen molar-refractivity contribution in [2.75, 3.05) is 37.6 Å². The van der Waals surface area contributed by atoms with Crippen molar-refractivity contribution in [3.05, 3.63) is 48.0 Å². The highest BCUT2D eigenvalue weighted by molar-refractivity contribution is 6.03. The normalized spacial score (nSPS) is 13.1. The summed E-state index contributed by atoms with van der Waals surface area (Å²) in [6.45, 7) is 2.64. The molecule has 7 heteroatoms. The minimum Gasteiger partial charge on any atom is -0.497 e. The van der Waals surface area contributed by atoms with Crippen LogP contribution in [0.5, 0.6) is 17.2 Å². The van der Waals surface area contributed by atoms with Crippen LogP contribution in [0.15, 0.2) is 42.5 Å². The van der Waals surface area contributed by atoms with Gasteiger partial charge in [0.15, 0.2) is 6.61 Å². The van der Waals surface area contributed by atoms with Crippen LogP contribution in [0, 0.1) is 0 Å². The summed E-state index contributed by atoms with van der Waals surface area (Å²) >= 11 is 0. The molecule has 3 rings (SSSR count). The molecule has 0 bridgehead atoms. The van der Waals surface area contributed by atoms with Gasteiger partial charge in [0, 0.05) is 23.9 Å². The van der Waals surface area contributed by atoms with E-state index in [4.69, 9.17) is 14.2 Å². The lowest BCUT2D eigenvalue weighted by atomic mass is 10.1. The van der Waals surface area contributed by atoms with Gasteiger partial charge >= 0.3 is 0 Å². The monoisotopic (exact) mass is 396 g/mol. The minimum atomic E-state index is -0.306. The highest BCUT2D eigenvalue weighted by Crippen LogP contribution is 2.34. The van der Waals surface area contributed by atoms with Gasteiger partial charge in [-0.3, -0.25) is 9.59 Å². The molecule has 7 nitrogen and oxygen atoms in total. The first-order valence-electron chi connectivity index (χ1n) is 9.34. The second kappa shape index (κ2) is 9.14. The lowest BCUT2D eigenvalue weighted by Crippen LogP contribution is -2.39. The number of ether oxygens (including phenoxy) is 3. The zero-order chi connectivity index (χ0) is 20.8. The summed E-state index contributed by atoms with van der Waals surface area (Å²) in [5.41, 5.74) is 1.97. The maximum Gasteiger partial charge on any atom is 0.265 e. The fourth-order valence-corrected chi connectivity index (χ4v) is 3.07. The van der Waals surface area contributed by atoms with E-state index in [-0.39, 0.29) is 18.4 Å². The number of nitrogens with zero attached hydrogens (tertiary/aromatic N) is 1. The van der Waals surface area contributed by atoms with Crippen molar-refractivity contribution < 1.29 is 23.8 Å². The van der Waals surface area contributed by atoms with E-state index in [0.29, 0.717) is 35.2 Å². The molecule has 0 aliphatic carbocycles. The largest absolute Gasteiger partial charge is 0.497 e. The molecule has 1 aliphatic heterocycles. The van der Waals surface area contributed by atoms with Crippen molar-refractivity contribution >= 4 is 29.3 Å². The van der Waals surface area contributed by atoms with Gasteiger partial charge in [-0.1, -0.05) is 6.92 Å². The SMILES string of the molecule is CCCN1C(=O)COc2ccc(NC(=O)/C=C/c3cc(OC)ccc3OC)cc21. The Morgan fingerprint density at radius 1 is 1.21 bits per heavy atom. The average Bonchev–Trinajstić information content (AvgIpc) is 2.74. The molecule has 0 aromatic heterocycles. The van der Waals surface area contributed by atoms with Crippen molar-refractivity contribution in [2.45, 2.75) is 13.3 Å². The summed E-state index contributed by atoms with van der Waals surface area (Å²) < 4.78 is 16.0. The third-order valence-corrected chi connectivity index (χ3v) is 4.47. The van der Waals surface area contributed by atoms with E-state index < -0.39 is 0 Å². The van der Waals surface area contributed by atoms with Gasteiger partial charge in [-0.05, 0) is 48.9 Å². The van der Waals surface area contributed by atoms with Crippen LogP contribution in [-0.4, -0.2) is 39.2 Å². The number of benzene rings is 2. The molecule has 1 heterocycles. The van der Waals surface area contributed by atoms with E-state index in [9.17, 15) is 9.59 Å². The van der Waals surface area contributed by atoms with Gasteiger partial charge in [-0.25, -0.2) is 0 Å². The fraction of sp³-hybridized carbons (Fsp3) is 0.273. The topological polar surface area (TPSA) is 77.1 Å². The molecule has 1 aliphatic rings. The Bertz CT molecular complexity index is 939. The highest BCUT2D eigenvalue weighted by Gasteiger charge is 2.25. The van der Waals surface area contributed by atoms with Crippen LogP contribution in [0.25, 0.3) is 6.08 Å². The van der Waals surface area contributed by atoms with Gasteiger partial charge in [0.05, 0.1) is 19.9 Å². The van der Waals surface area contributed by atoms with E-state index >= 15 is 0 Å². The molecular weight excluding hydrogens is 372 g/mol.